The van der Waals surface area contributed by atoms with Gasteiger partial charge in [0.2, 0.25) is 0 Å². The summed E-state index contributed by atoms with van der Waals surface area (Å²) in [7, 11) is 3.16. The SMILES string of the molecule is COC(=O)c1cccc2c(Br)nn(C)c12. The Hall–Kier alpha value is -1.36. The maximum absolute atomic E-state index is 11.5. The fraction of sp³-hybridized carbons (Fsp3) is 0.200. The molecule has 78 valence electrons. The van der Waals surface area contributed by atoms with Gasteiger partial charge in [0, 0.05) is 12.4 Å². The maximum atomic E-state index is 11.5. The number of nitrogens with zero attached hydrogens (tertiary/aromatic N) is 2. The Morgan fingerprint density at radius 3 is 2.93 bits per heavy atom. The molecule has 2 aromatic rings. The fourth-order valence-corrected chi connectivity index (χ4v) is 2.13. The van der Waals surface area contributed by atoms with Crippen LogP contribution in [0.4, 0.5) is 0 Å². The van der Waals surface area contributed by atoms with E-state index in [1.54, 1.807) is 23.9 Å². The van der Waals surface area contributed by atoms with Crippen LogP contribution in [0.3, 0.4) is 0 Å². The number of rotatable bonds is 1. The molecule has 0 radical (unpaired) electrons. The first kappa shape index (κ1) is 10.2. The fourth-order valence-electron chi connectivity index (χ4n) is 1.57. The zero-order chi connectivity index (χ0) is 11.0. The molecule has 1 heterocycles. The number of halogens is 1. The van der Waals surface area contributed by atoms with Gasteiger partial charge in [-0.3, -0.25) is 4.68 Å². The molecule has 0 atom stereocenters. The predicted molar refractivity (Wildman–Crippen MR) is 59.8 cm³/mol. The van der Waals surface area contributed by atoms with Gasteiger partial charge in [0.15, 0.2) is 0 Å². The number of ether oxygens (including phenoxy) is 1. The smallest absolute Gasteiger partial charge is 0.340 e. The second-order valence-corrected chi connectivity index (χ2v) is 3.86. The molecule has 0 fully saturated rings. The van der Waals surface area contributed by atoms with Crippen LogP contribution >= 0.6 is 15.9 Å². The van der Waals surface area contributed by atoms with E-state index in [4.69, 9.17) is 4.74 Å². The average Bonchev–Trinajstić information content (AvgIpc) is 2.54. The maximum Gasteiger partial charge on any atom is 0.340 e. The Morgan fingerprint density at radius 1 is 1.53 bits per heavy atom. The van der Waals surface area contributed by atoms with Crippen molar-refractivity contribution in [2.24, 2.45) is 7.05 Å². The number of carbonyl (C=O) groups is 1. The first-order valence-corrected chi connectivity index (χ1v) is 5.14. The minimum atomic E-state index is -0.351. The molecule has 5 heteroatoms. The number of methoxy groups -OCH3 is 1. The molecule has 2 rings (SSSR count). The van der Waals surface area contributed by atoms with Gasteiger partial charge in [0.25, 0.3) is 0 Å². The standard InChI is InChI=1S/C10H9BrN2O2/c1-13-8-6(9(11)12-13)4-3-5-7(8)10(14)15-2/h3-5H,1-2H3. The molecule has 0 amide bonds. The number of hydrogen-bond donors (Lipinski definition) is 0. The number of fused-ring (bicyclic) bond motifs is 1. The van der Waals surface area contributed by atoms with Gasteiger partial charge in [-0.2, -0.15) is 5.10 Å². The van der Waals surface area contributed by atoms with E-state index in [9.17, 15) is 4.79 Å². The van der Waals surface area contributed by atoms with E-state index in [1.165, 1.54) is 7.11 Å². The summed E-state index contributed by atoms with van der Waals surface area (Å²) >= 11 is 3.34. The highest BCUT2D eigenvalue weighted by Crippen LogP contribution is 2.25. The molecule has 4 nitrogen and oxygen atoms in total. The zero-order valence-electron chi connectivity index (χ0n) is 8.32. The Morgan fingerprint density at radius 2 is 2.27 bits per heavy atom. The van der Waals surface area contributed by atoms with E-state index < -0.39 is 0 Å². The van der Waals surface area contributed by atoms with E-state index in [-0.39, 0.29) is 5.97 Å². The topological polar surface area (TPSA) is 44.1 Å². The van der Waals surface area contributed by atoms with Crippen molar-refractivity contribution in [3.63, 3.8) is 0 Å². The third-order valence-electron chi connectivity index (χ3n) is 2.22. The first-order valence-electron chi connectivity index (χ1n) is 4.34. The van der Waals surface area contributed by atoms with Crippen molar-refractivity contribution in [3.8, 4) is 0 Å². The molecule has 0 N–H and O–H groups in total. The van der Waals surface area contributed by atoms with Gasteiger partial charge in [-0.05, 0) is 28.1 Å². The monoisotopic (exact) mass is 268 g/mol. The summed E-state index contributed by atoms with van der Waals surface area (Å²) in [6.45, 7) is 0. The highest BCUT2D eigenvalue weighted by atomic mass is 79.9. The number of aryl methyl sites for hydroxylation is 1. The van der Waals surface area contributed by atoms with Gasteiger partial charge < -0.3 is 4.74 Å². The van der Waals surface area contributed by atoms with Gasteiger partial charge in [-0.15, -0.1) is 0 Å². The van der Waals surface area contributed by atoms with Gasteiger partial charge in [0.05, 0.1) is 18.2 Å². The Balaban J connectivity index is 2.80. The lowest BCUT2D eigenvalue weighted by Crippen LogP contribution is -2.04. The van der Waals surface area contributed by atoms with Crippen LogP contribution in [0.25, 0.3) is 10.9 Å². The average molecular weight is 269 g/mol. The molecule has 0 aliphatic heterocycles. The summed E-state index contributed by atoms with van der Waals surface area (Å²) in [5, 5.41) is 5.10. The largest absolute Gasteiger partial charge is 0.465 e. The van der Waals surface area contributed by atoms with Crippen LogP contribution in [0.15, 0.2) is 22.8 Å². The van der Waals surface area contributed by atoms with E-state index in [1.807, 2.05) is 6.07 Å². The minimum absolute atomic E-state index is 0.351. The molecule has 0 saturated heterocycles. The summed E-state index contributed by atoms with van der Waals surface area (Å²) in [5.41, 5.74) is 1.30. The Labute approximate surface area is 95.0 Å². The van der Waals surface area contributed by atoms with Crippen molar-refractivity contribution < 1.29 is 9.53 Å². The lowest BCUT2D eigenvalue weighted by Gasteiger charge is -2.02. The Kier molecular flexibility index (Phi) is 2.48. The quantitative estimate of drug-likeness (QED) is 0.745. The number of carbonyl (C=O) groups excluding carboxylic acids is 1. The van der Waals surface area contributed by atoms with Crippen molar-refractivity contribution in [2.75, 3.05) is 7.11 Å². The zero-order valence-corrected chi connectivity index (χ0v) is 9.91. The molecule has 0 aliphatic carbocycles. The number of esters is 1. The van der Waals surface area contributed by atoms with Gasteiger partial charge in [-0.25, -0.2) is 4.79 Å². The van der Waals surface area contributed by atoms with Crippen molar-refractivity contribution in [2.45, 2.75) is 0 Å². The number of hydrogen-bond acceptors (Lipinski definition) is 3. The van der Waals surface area contributed by atoms with Crippen LogP contribution in [-0.4, -0.2) is 22.9 Å². The molecule has 0 spiro atoms. The molecule has 15 heavy (non-hydrogen) atoms. The van der Waals surface area contributed by atoms with Crippen LogP contribution in [0.1, 0.15) is 10.4 Å². The highest BCUT2D eigenvalue weighted by Gasteiger charge is 2.15. The van der Waals surface area contributed by atoms with Crippen LogP contribution < -0.4 is 0 Å². The molecular formula is C10H9BrN2O2. The lowest BCUT2D eigenvalue weighted by molar-refractivity contribution is 0.0602. The van der Waals surface area contributed by atoms with E-state index in [0.717, 1.165) is 15.5 Å². The summed E-state index contributed by atoms with van der Waals surface area (Å²) in [6.07, 6.45) is 0. The minimum Gasteiger partial charge on any atom is -0.465 e. The Bertz CT molecular complexity index is 533. The molecule has 0 bridgehead atoms. The van der Waals surface area contributed by atoms with Crippen LogP contribution in [0.2, 0.25) is 0 Å². The summed E-state index contributed by atoms with van der Waals surface area (Å²) < 4.78 is 7.10. The molecule has 0 unspecified atom stereocenters. The predicted octanol–water partition coefficient (Wildman–Crippen LogP) is 2.12. The van der Waals surface area contributed by atoms with E-state index in [0.29, 0.717) is 5.56 Å². The first-order chi connectivity index (χ1) is 7.15. The molecule has 1 aromatic heterocycles. The van der Waals surface area contributed by atoms with Gasteiger partial charge in [0.1, 0.15) is 4.60 Å². The van der Waals surface area contributed by atoms with Crippen molar-refractivity contribution in [1.29, 1.82) is 0 Å². The van der Waals surface area contributed by atoms with Gasteiger partial charge in [-0.1, -0.05) is 6.07 Å². The normalized spacial score (nSPS) is 10.6. The highest BCUT2D eigenvalue weighted by molar-refractivity contribution is 9.10. The van der Waals surface area contributed by atoms with E-state index in [2.05, 4.69) is 21.0 Å². The van der Waals surface area contributed by atoms with Crippen molar-refractivity contribution >= 4 is 32.8 Å². The van der Waals surface area contributed by atoms with Crippen LogP contribution in [0, 0.1) is 0 Å². The second kappa shape index (κ2) is 3.66. The molecular weight excluding hydrogens is 260 g/mol. The van der Waals surface area contributed by atoms with Gasteiger partial charge >= 0.3 is 5.97 Å². The molecule has 0 aliphatic rings. The second-order valence-electron chi connectivity index (χ2n) is 3.11. The number of para-hydroxylation sites is 1. The third kappa shape index (κ3) is 1.52. The summed E-state index contributed by atoms with van der Waals surface area (Å²) in [5.74, 6) is -0.351. The summed E-state index contributed by atoms with van der Waals surface area (Å²) in [4.78, 5) is 11.5. The third-order valence-corrected chi connectivity index (χ3v) is 2.81. The summed E-state index contributed by atoms with van der Waals surface area (Å²) in [6, 6.07) is 5.43. The van der Waals surface area contributed by atoms with Crippen LogP contribution in [-0.2, 0) is 11.8 Å². The molecule has 0 saturated carbocycles. The number of aromatic nitrogens is 2. The number of benzene rings is 1. The van der Waals surface area contributed by atoms with Crippen molar-refractivity contribution in [1.82, 2.24) is 9.78 Å². The van der Waals surface area contributed by atoms with Crippen LogP contribution in [0.5, 0.6) is 0 Å². The van der Waals surface area contributed by atoms with E-state index >= 15 is 0 Å². The van der Waals surface area contributed by atoms with Crippen molar-refractivity contribution in [3.05, 3.63) is 28.4 Å². The lowest BCUT2D eigenvalue weighted by atomic mass is 10.1. The molecule has 1 aromatic carbocycles.